The summed E-state index contributed by atoms with van der Waals surface area (Å²) < 4.78 is 0. The van der Waals surface area contributed by atoms with Gasteiger partial charge in [-0.15, -0.1) is 24.0 Å². The first-order chi connectivity index (χ1) is 11.8. The third-order valence-electron chi connectivity index (χ3n) is 4.60. The average Bonchev–Trinajstić information content (AvgIpc) is 3.13. The summed E-state index contributed by atoms with van der Waals surface area (Å²) in [5.41, 5.74) is 2.18. The molecular weight excluding hydrogens is 427 g/mol. The molecule has 2 aliphatic rings. The Morgan fingerprint density at radius 3 is 2.56 bits per heavy atom. The molecule has 0 aromatic heterocycles. The van der Waals surface area contributed by atoms with Crippen molar-refractivity contribution in [1.82, 2.24) is 10.6 Å². The second kappa shape index (κ2) is 9.79. The van der Waals surface area contributed by atoms with Crippen molar-refractivity contribution in [2.45, 2.75) is 44.7 Å². The van der Waals surface area contributed by atoms with Crippen LogP contribution in [0.15, 0.2) is 41.4 Å². The Balaban J connectivity index is 0.00000225. The number of nitrogens with one attached hydrogen (secondary N) is 2. The number of benzene rings is 1. The number of halogens is 1. The Hall–Kier alpha value is -1.57. The van der Waals surface area contributed by atoms with Crippen molar-refractivity contribution in [3.05, 3.63) is 42.0 Å². The monoisotopic (exact) mass is 454 g/mol. The summed E-state index contributed by atoms with van der Waals surface area (Å²) in [6.45, 7) is 1.55. The van der Waals surface area contributed by atoms with Gasteiger partial charge in [0.15, 0.2) is 5.96 Å². The van der Waals surface area contributed by atoms with E-state index in [1.54, 1.807) is 7.05 Å². The topological polar surface area (TPSA) is 56.7 Å². The van der Waals surface area contributed by atoms with E-state index in [0.29, 0.717) is 19.0 Å². The van der Waals surface area contributed by atoms with E-state index in [4.69, 9.17) is 0 Å². The molecule has 2 N–H and O–H groups in total. The summed E-state index contributed by atoms with van der Waals surface area (Å²) in [7, 11) is 1.79. The summed E-state index contributed by atoms with van der Waals surface area (Å²) in [5.74, 6) is 1.07. The van der Waals surface area contributed by atoms with Crippen molar-refractivity contribution in [2.75, 3.05) is 18.5 Å². The number of anilines is 1. The lowest BCUT2D eigenvalue weighted by Gasteiger charge is -2.27. The number of hydrogen-bond acceptors (Lipinski definition) is 2. The van der Waals surface area contributed by atoms with Gasteiger partial charge in [-0.25, -0.2) is 0 Å². The molecule has 1 aromatic carbocycles. The Bertz CT molecular complexity index is 619. The number of guanidine groups is 1. The predicted molar refractivity (Wildman–Crippen MR) is 114 cm³/mol. The molecule has 136 valence electrons. The van der Waals surface area contributed by atoms with E-state index in [0.717, 1.165) is 43.9 Å². The van der Waals surface area contributed by atoms with E-state index in [-0.39, 0.29) is 29.9 Å². The molecular formula is C19H27IN4O. The molecule has 3 rings (SSSR count). The van der Waals surface area contributed by atoms with Gasteiger partial charge in [0.05, 0.1) is 0 Å². The van der Waals surface area contributed by atoms with Gasteiger partial charge in [-0.2, -0.15) is 0 Å². The fourth-order valence-corrected chi connectivity index (χ4v) is 3.18. The first-order valence-corrected chi connectivity index (χ1v) is 8.78. The molecule has 1 fully saturated rings. The van der Waals surface area contributed by atoms with E-state index >= 15 is 0 Å². The number of rotatable bonds is 4. The van der Waals surface area contributed by atoms with Crippen LogP contribution in [0, 0.1) is 0 Å². The van der Waals surface area contributed by atoms with E-state index < -0.39 is 0 Å². The Morgan fingerprint density at radius 2 is 1.92 bits per heavy atom. The van der Waals surface area contributed by atoms with Crippen LogP contribution in [0.2, 0.25) is 0 Å². The molecule has 1 amide bonds. The van der Waals surface area contributed by atoms with Crippen LogP contribution in [0.4, 0.5) is 5.69 Å². The number of carbonyl (C=O) groups excluding carboxylic acids is 1. The van der Waals surface area contributed by atoms with Crippen molar-refractivity contribution in [2.24, 2.45) is 4.99 Å². The fraction of sp³-hybridized carbons (Fsp3) is 0.474. The zero-order valence-electron chi connectivity index (χ0n) is 14.7. The predicted octanol–water partition coefficient (Wildman–Crippen LogP) is 3.21. The molecule has 5 nitrogen and oxygen atoms in total. The summed E-state index contributed by atoms with van der Waals surface area (Å²) in [6, 6.07) is 8.68. The number of aliphatic imine (C=N–C) groups is 1. The van der Waals surface area contributed by atoms with Gasteiger partial charge in [-0.3, -0.25) is 9.79 Å². The number of nitrogens with zero attached hydrogens (tertiary/aromatic N) is 2. The SMILES string of the molecule is CN=C(NCc1ccc(N2CCCCC2=O)cc1)NC1CC=CC1.I. The Morgan fingerprint density at radius 1 is 1.20 bits per heavy atom. The number of piperidine rings is 1. The highest BCUT2D eigenvalue weighted by molar-refractivity contribution is 14.0. The van der Waals surface area contributed by atoms with Crippen LogP contribution in [-0.4, -0.2) is 31.5 Å². The normalized spacial score (nSPS) is 18.2. The second-order valence-corrected chi connectivity index (χ2v) is 6.38. The summed E-state index contributed by atoms with van der Waals surface area (Å²) >= 11 is 0. The van der Waals surface area contributed by atoms with Crippen molar-refractivity contribution >= 4 is 41.5 Å². The van der Waals surface area contributed by atoms with Gasteiger partial charge in [0.2, 0.25) is 5.91 Å². The number of carbonyl (C=O) groups is 1. The van der Waals surface area contributed by atoms with Crippen LogP contribution in [0.25, 0.3) is 0 Å². The highest BCUT2D eigenvalue weighted by atomic mass is 127. The first kappa shape index (κ1) is 19.8. The highest BCUT2D eigenvalue weighted by Crippen LogP contribution is 2.21. The van der Waals surface area contributed by atoms with Crippen molar-refractivity contribution in [3.63, 3.8) is 0 Å². The number of hydrogen-bond donors (Lipinski definition) is 2. The third kappa shape index (κ3) is 5.45. The lowest BCUT2D eigenvalue weighted by Crippen LogP contribution is -2.42. The van der Waals surface area contributed by atoms with Crippen molar-refractivity contribution in [3.8, 4) is 0 Å². The minimum atomic E-state index is 0. The maximum absolute atomic E-state index is 12.0. The first-order valence-electron chi connectivity index (χ1n) is 8.78. The van der Waals surface area contributed by atoms with Gasteiger partial charge in [-0.05, 0) is 43.4 Å². The molecule has 0 bridgehead atoms. The maximum Gasteiger partial charge on any atom is 0.226 e. The van der Waals surface area contributed by atoms with E-state index in [2.05, 4.69) is 39.9 Å². The lowest BCUT2D eigenvalue weighted by molar-refractivity contribution is -0.119. The van der Waals surface area contributed by atoms with E-state index in [1.165, 1.54) is 5.56 Å². The minimum Gasteiger partial charge on any atom is -0.353 e. The van der Waals surface area contributed by atoms with Crippen LogP contribution in [0.1, 0.15) is 37.7 Å². The summed E-state index contributed by atoms with van der Waals surface area (Å²) in [5, 5.41) is 6.78. The van der Waals surface area contributed by atoms with Gasteiger partial charge in [0.1, 0.15) is 0 Å². The molecule has 6 heteroatoms. The molecule has 25 heavy (non-hydrogen) atoms. The van der Waals surface area contributed by atoms with E-state index in [9.17, 15) is 4.79 Å². The van der Waals surface area contributed by atoms with E-state index in [1.807, 2.05) is 17.0 Å². The Labute approximate surface area is 167 Å². The fourth-order valence-electron chi connectivity index (χ4n) is 3.18. The lowest BCUT2D eigenvalue weighted by atomic mass is 10.1. The van der Waals surface area contributed by atoms with Crippen LogP contribution < -0.4 is 15.5 Å². The zero-order valence-corrected chi connectivity index (χ0v) is 17.0. The largest absolute Gasteiger partial charge is 0.353 e. The summed E-state index contributed by atoms with van der Waals surface area (Å²) in [4.78, 5) is 18.2. The molecule has 0 radical (unpaired) electrons. The van der Waals surface area contributed by atoms with Gasteiger partial charge in [0, 0.05) is 38.3 Å². The van der Waals surface area contributed by atoms with Gasteiger partial charge in [-0.1, -0.05) is 24.3 Å². The molecule has 1 aromatic rings. The van der Waals surface area contributed by atoms with Crippen molar-refractivity contribution in [1.29, 1.82) is 0 Å². The molecule has 1 heterocycles. The Kier molecular flexibility index (Phi) is 7.74. The third-order valence-corrected chi connectivity index (χ3v) is 4.60. The molecule has 0 atom stereocenters. The van der Waals surface area contributed by atoms with Gasteiger partial charge < -0.3 is 15.5 Å². The van der Waals surface area contributed by atoms with Crippen LogP contribution >= 0.6 is 24.0 Å². The van der Waals surface area contributed by atoms with Crippen LogP contribution in [-0.2, 0) is 11.3 Å². The zero-order chi connectivity index (χ0) is 16.8. The quantitative estimate of drug-likeness (QED) is 0.318. The number of amides is 1. The van der Waals surface area contributed by atoms with Gasteiger partial charge >= 0.3 is 0 Å². The molecule has 0 spiro atoms. The average molecular weight is 454 g/mol. The maximum atomic E-state index is 12.0. The van der Waals surface area contributed by atoms with Gasteiger partial charge in [0.25, 0.3) is 0 Å². The molecule has 0 unspecified atom stereocenters. The minimum absolute atomic E-state index is 0. The molecule has 1 aliphatic carbocycles. The standard InChI is InChI=1S/C19H26N4O.HI/c1-20-19(22-16-6-2-3-7-16)21-14-15-9-11-17(12-10-15)23-13-5-4-8-18(23)24;/h2-3,9-12,16H,4-8,13-14H2,1H3,(H2,20,21,22);1H. The van der Waals surface area contributed by atoms with Crippen LogP contribution in [0.5, 0.6) is 0 Å². The molecule has 1 saturated heterocycles. The molecule has 1 aliphatic heterocycles. The summed E-state index contributed by atoms with van der Waals surface area (Å²) in [6.07, 6.45) is 9.28. The molecule has 0 saturated carbocycles. The van der Waals surface area contributed by atoms with Crippen molar-refractivity contribution < 1.29 is 4.79 Å². The smallest absolute Gasteiger partial charge is 0.226 e. The van der Waals surface area contributed by atoms with Crippen LogP contribution in [0.3, 0.4) is 0 Å². The second-order valence-electron chi connectivity index (χ2n) is 6.38. The highest BCUT2D eigenvalue weighted by Gasteiger charge is 2.19.